The molecule has 0 fully saturated rings. The average Bonchev–Trinajstić information content (AvgIpc) is 2.39. The molecule has 0 spiro atoms. The van der Waals surface area contributed by atoms with Gasteiger partial charge in [-0.1, -0.05) is 33.1 Å². The molecule has 21 heavy (non-hydrogen) atoms. The summed E-state index contributed by atoms with van der Waals surface area (Å²) < 4.78 is 5.20. The molecular formula is C17H35NO3. The first-order valence-electron chi connectivity index (χ1n) is 8.36. The van der Waals surface area contributed by atoms with Crippen LogP contribution in [0, 0.1) is 11.8 Å². The molecule has 0 unspecified atom stereocenters. The van der Waals surface area contributed by atoms with E-state index < -0.39 is 5.60 Å². The van der Waals surface area contributed by atoms with E-state index in [9.17, 15) is 4.79 Å². The highest BCUT2D eigenvalue weighted by Crippen LogP contribution is 2.20. The van der Waals surface area contributed by atoms with Crippen LogP contribution in [0.4, 0.5) is 4.79 Å². The van der Waals surface area contributed by atoms with Gasteiger partial charge in [0, 0.05) is 13.2 Å². The minimum absolute atomic E-state index is 0.288. The second kappa shape index (κ2) is 10.9. The number of carbonyl (C=O) groups excluding carboxylic acids is 1. The van der Waals surface area contributed by atoms with E-state index in [-0.39, 0.29) is 12.7 Å². The first-order chi connectivity index (χ1) is 9.78. The van der Waals surface area contributed by atoms with E-state index >= 15 is 0 Å². The maximum absolute atomic E-state index is 11.5. The Labute approximate surface area is 130 Å². The van der Waals surface area contributed by atoms with Gasteiger partial charge in [-0.3, -0.25) is 0 Å². The predicted octanol–water partition coefficient (Wildman–Crippen LogP) is 4.12. The van der Waals surface area contributed by atoms with Gasteiger partial charge in [-0.25, -0.2) is 4.79 Å². The lowest BCUT2D eigenvalue weighted by Crippen LogP contribution is -2.33. The molecule has 2 N–H and O–H groups in total. The van der Waals surface area contributed by atoms with Gasteiger partial charge in [-0.05, 0) is 51.9 Å². The first kappa shape index (κ1) is 20.2. The molecule has 0 saturated carbocycles. The van der Waals surface area contributed by atoms with Crippen LogP contribution in [0.15, 0.2) is 0 Å². The number of aliphatic hydroxyl groups is 1. The third-order valence-electron chi connectivity index (χ3n) is 3.66. The lowest BCUT2D eigenvalue weighted by atomic mass is 9.92. The summed E-state index contributed by atoms with van der Waals surface area (Å²) in [5.74, 6) is 1.13. The van der Waals surface area contributed by atoms with Crippen molar-refractivity contribution in [2.75, 3.05) is 13.2 Å². The maximum Gasteiger partial charge on any atom is 0.407 e. The zero-order chi connectivity index (χ0) is 16.3. The summed E-state index contributed by atoms with van der Waals surface area (Å²) in [5, 5.41) is 11.8. The summed E-state index contributed by atoms with van der Waals surface area (Å²) in [6.07, 6.45) is 6.48. The molecule has 0 saturated heterocycles. The molecule has 4 nitrogen and oxygen atoms in total. The largest absolute Gasteiger partial charge is 0.444 e. The lowest BCUT2D eigenvalue weighted by Gasteiger charge is -2.20. The molecule has 2 atom stereocenters. The van der Waals surface area contributed by atoms with Crippen LogP contribution in [0.2, 0.25) is 0 Å². The highest BCUT2D eigenvalue weighted by atomic mass is 16.6. The molecular weight excluding hydrogens is 266 g/mol. The van der Waals surface area contributed by atoms with Gasteiger partial charge in [-0.15, -0.1) is 0 Å². The van der Waals surface area contributed by atoms with E-state index in [2.05, 4.69) is 19.2 Å². The van der Waals surface area contributed by atoms with Crippen molar-refractivity contribution in [3.63, 3.8) is 0 Å². The third kappa shape index (κ3) is 12.7. The van der Waals surface area contributed by atoms with Crippen LogP contribution < -0.4 is 5.32 Å². The van der Waals surface area contributed by atoms with E-state index in [1.54, 1.807) is 0 Å². The summed E-state index contributed by atoms with van der Waals surface area (Å²) in [6, 6.07) is 0. The van der Waals surface area contributed by atoms with Crippen LogP contribution in [0.25, 0.3) is 0 Å². The minimum Gasteiger partial charge on any atom is -0.444 e. The number of hydrogen-bond acceptors (Lipinski definition) is 3. The van der Waals surface area contributed by atoms with Gasteiger partial charge in [0.05, 0.1) is 0 Å². The highest BCUT2D eigenvalue weighted by Gasteiger charge is 2.15. The molecule has 0 aliphatic heterocycles. The molecule has 0 radical (unpaired) electrons. The molecule has 4 heteroatoms. The van der Waals surface area contributed by atoms with Gasteiger partial charge < -0.3 is 15.2 Å². The third-order valence-corrected chi connectivity index (χ3v) is 3.66. The summed E-state index contributed by atoms with van der Waals surface area (Å²) in [4.78, 5) is 11.5. The fraction of sp³-hybridized carbons (Fsp3) is 0.941. The smallest absolute Gasteiger partial charge is 0.407 e. The van der Waals surface area contributed by atoms with Crippen molar-refractivity contribution in [1.82, 2.24) is 5.32 Å². The Hall–Kier alpha value is -0.770. The topological polar surface area (TPSA) is 58.6 Å². The Morgan fingerprint density at radius 3 is 2.33 bits per heavy atom. The summed E-state index contributed by atoms with van der Waals surface area (Å²) in [5.41, 5.74) is -0.431. The van der Waals surface area contributed by atoms with Crippen LogP contribution >= 0.6 is 0 Å². The first-order valence-corrected chi connectivity index (χ1v) is 8.36. The summed E-state index contributed by atoms with van der Waals surface area (Å²) in [6.45, 7) is 10.9. The molecule has 0 aromatic carbocycles. The summed E-state index contributed by atoms with van der Waals surface area (Å²) >= 11 is 0. The van der Waals surface area contributed by atoms with Gasteiger partial charge in [0.2, 0.25) is 0 Å². The highest BCUT2D eigenvalue weighted by molar-refractivity contribution is 5.67. The van der Waals surface area contributed by atoms with Gasteiger partial charge in [0.1, 0.15) is 5.60 Å². The van der Waals surface area contributed by atoms with Gasteiger partial charge >= 0.3 is 6.09 Å². The quantitative estimate of drug-likeness (QED) is 0.597. The van der Waals surface area contributed by atoms with Gasteiger partial charge in [0.15, 0.2) is 0 Å². The van der Waals surface area contributed by atoms with Crippen LogP contribution in [-0.2, 0) is 4.74 Å². The van der Waals surface area contributed by atoms with E-state index in [0.29, 0.717) is 12.5 Å². The Bertz CT molecular complexity index is 274. The Morgan fingerprint density at radius 2 is 1.81 bits per heavy atom. The zero-order valence-corrected chi connectivity index (χ0v) is 14.6. The fourth-order valence-corrected chi connectivity index (χ4v) is 2.29. The SMILES string of the molecule is CC[C@H](CCCNC(=O)OC(C)(C)C)CCC[C@@H](C)CO. The van der Waals surface area contributed by atoms with E-state index in [1.807, 2.05) is 20.8 Å². The lowest BCUT2D eigenvalue weighted by molar-refractivity contribution is 0.0526. The minimum atomic E-state index is -0.431. The second-order valence-electron chi connectivity index (χ2n) is 7.06. The Morgan fingerprint density at radius 1 is 1.19 bits per heavy atom. The number of hydrogen-bond donors (Lipinski definition) is 2. The van der Waals surface area contributed by atoms with Gasteiger partial charge in [0.25, 0.3) is 0 Å². The van der Waals surface area contributed by atoms with Crippen molar-refractivity contribution in [3.05, 3.63) is 0 Å². The van der Waals surface area contributed by atoms with Crippen molar-refractivity contribution in [2.24, 2.45) is 11.8 Å². The van der Waals surface area contributed by atoms with Crippen molar-refractivity contribution in [2.45, 2.75) is 78.7 Å². The molecule has 0 aromatic rings. The molecule has 126 valence electrons. The molecule has 0 rings (SSSR count). The number of rotatable bonds is 10. The number of nitrogens with one attached hydrogen (secondary N) is 1. The Kier molecular flexibility index (Phi) is 10.5. The van der Waals surface area contributed by atoms with Crippen LogP contribution in [0.3, 0.4) is 0 Å². The van der Waals surface area contributed by atoms with Crippen molar-refractivity contribution in [1.29, 1.82) is 0 Å². The monoisotopic (exact) mass is 301 g/mol. The van der Waals surface area contributed by atoms with Crippen LogP contribution in [0.5, 0.6) is 0 Å². The molecule has 0 aliphatic carbocycles. The number of carbonyl (C=O) groups is 1. The summed E-state index contributed by atoms with van der Waals surface area (Å²) in [7, 11) is 0. The molecule has 0 heterocycles. The molecule has 0 aliphatic rings. The standard InChI is InChI=1S/C17H35NO3/c1-6-15(10-7-9-14(2)13-19)11-8-12-18-16(20)21-17(3,4)5/h14-15,19H,6-13H2,1-5H3,(H,18,20)/t14-,15+/m1/s1. The van der Waals surface area contributed by atoms with Crippen molar-refractivity contribution < 1.29 is 14.6 Å². The average molecular weight is 301 g/mol. The van der Waals surface area contributed by atoms with Crippen LogP contribution in [-0.4, -0.2) is 30.0 Å². The normalized spacial score (nSPS) is 14.6. The van der Waals surface area contributed by atoms with Crippen molar-refractivity contribution >= 4 is 6.09 Å². The van der Waals surface area contributed by atoms with E-state index in [0.717, 1.165) is 25.2 Å². The second-order valence-corrected chi connectivity index (χ2v) is 7.06. The van der Waals surface area contributed by atoms with Crippen LogP contribution in [0.1, 0.15) is 73.1 Å². The number of ether oxygens (including phenoxy) is 1. The predicted molar refractivity (Wildman–Crippen MR) is 87.4 cm³/mol. The zero-order valence-electron chi connectivity index (χ0n) is 14.6. The Balaban J connectivity index is 3.70. The molecule has 0 aromatic heterocycles. The fourth-order valence-electron chi connectivity index (χ4n) is 2.29. The number of amides is 1. The van der Waals surface area contributed by atoms with E-state index in [4.69, 9.17) is 9.84 Å². The molecule has 1 amide bonds. The van der Waals surface area contributed by atoms with Crippen molar-refractivity contribution in [3.8, 4) is 0 Å². The van der Waals surface area contributed by atoms with E-state index in [1.165, 1.54) is 19.3 Å². The van der Waals surface area contributed by atoms with Gasteiger partial charge in [-0.2, -0.15) is 0 Å². The molecule has 0 bridgehead atoms. The number of aliphatic hydroxyl groups excluding tert-OH is 1. The number of alkyl carbamates (subject to hydrolysis) is 1. The maximum atomic E-state index is 11.5.